The van der Waals surface area contributed by atoms with E-state index in [0.717, 1.165) is 24.0 Å². The van der Waals surface area contributed by atoms with Gasteiger partial charge in [-0.05, 0) is 36.8 Å². The fourth-order valence-corrected chi connectivity index (χ4v) is 1.72. The lowest BCUT2D eigenvalue weighted by atomic mass is 9.97. The average molecular weight is 246 g/mol. The molecule has 1 aromatic rings. The number of carbonyl (C=O) groups excluding carboxylic acids is 1. The standard InChI is InChI=1S/C16H22O2/c1-4-18-16(17)12-15(11-10-13(2)3)14-8-6-5-7-9-14/h5-9,12-13H,4,10-11H2,1-3H3/b15-12+. The Morgan fingerprint density at radius 1 is 1.28 bits per heavy atom. The topological polar surface area (TPSA) is 26.3 Å². The monoisotopic (exact) mass is 246 g/mol. The highest BCUT2D eigenvalue weighted by atomic mass is 16.5. The van der Waals surface area contributed by atoms with Gasteiger partial charge in [-0.25, -0.2) is 4.79 Å². The highest BCUT2D eigenvalue weighted by molar-refractivity contribution is 5.91. The fraction of sp³-hybridized carbons (Fsp3) is 0.438. The van der Waals surface area contributed by atoms with E-state index in [9.17, 15) is 4.79 Å². The van der Waals surface area contributed by atoms with Crippen molar-refractivity contribution >= 4 is 11.5 Å². The van der Waals surface area contributed by atoms with E-state index in [1.54, 1.807) is 6.08 Å². The van der Waals surface area contributed by atoms with Crippen molar-refractivity contribution in [1.29, 1.82) is 0 Å². The smallest absolute Gasteiger partial charge is 0.331 e. The van der Waals surface area contributed by atoms with Crippen molar-refractivity contribution in [3.05, 3.63) is 42.0 Å². The molecule has 0 aromatic heterocycles. The largest absolute Gasteiger partial charge is 0.463 e. The molecule has 0 amide bonds. The Labute approximate surface area is 110 Å². The number of ether oxygens (including phenoxy) is 1. The SMILES string of the molecule is CCOC(=O)/C=C(\CCC(C)C)c1ccccc1. The second kappa shape index (κ2) is 7.70. The Hall–Kier alpha value is -1.57. The van der Waals surface area contributed by atoms with E-state index in [-0.39, 0.29) is 5.97 Å². The Morgan fingerprint density at radius 3 is 2.50 bits per heavy atom. The third-order valence-corrected chi connectivity index (χ3v) is 2.71. The molecule has 0 heterocycles. The predicted molar refractivity (Wildman–Crippen MR) is 75.1 cm³/mol. The Kier molecular flexibility index (Phi) is 6.20. The lowest BCUT2D eigenvalue weighted by Crippen LogP contribution is -2.01. The van der Waals surface area contributed by atoms with Crippen molar-refractivity contribution in [3.63, 3.8) is 0 Å². The van der Waals surface area contributed by atoms with Crippen LogP contribution in [0.5, 0.6) is 0 Å². The van der Waals surface area contributed by atoms with Gasteiger partial charge in [0.15, 0.2) is 0 Å². The third kappa shape index (κ3) is 5.17. The zero-order valence-corrected chi connectivity index (χ0v) is 11.5. The lowest BCUT2D eigenvalue weighted by Gasteiger charge is -2.10. The molecule has 0 N–H and O–H groups in total. The van der Waals surface area contributed by atoms with Gasteiger partial charge in [-0.1, -0.05) is 44.2 Å². The quantitative estimate of drug-likeness (QED) is 0.558. The molecule has 0 saturated heterocycles. The van der Waals surface area contributed by atoms with Gasteiger partial charge < -0.3 is 4.74 Å². The first-order valence-electron chi connectivity index (χ1n) is 6.56. The number of carbonyl (C=O) groups is 1. The summed E-state index contributed by atoms with van der Waals surface area (Å²) in [6.07, 6.45) is 3.60. The van der Waals surface area contributed by atoms with Crippen LogP contribution in [0.3, 0.4) is 0 Å². The molecule has 0 aliphatic rings. The summed E-state index contributed by atoms with van der Waals surface area (Å²) in [6.45, 7) is 6.61. The van der Waals surface area contributed by atoms with Crippen LogP contribution in [0.4, 0.5) is 0 Å². The summed E-state index contributed by atoms with van der Waals surface area (Å²) in [5, 5.41) is 0. The number of benzene rings is 1. The molecule has 0 unspecified atom stereocenters. The fourth-order valence-electron chi connectivity index (χ4n) is 1.72. The molecule has 98 valence electrons. The van der Waals surface area contributed by atoms with Crippen molar-refractivity contribution in [2.24, 2.45) is 5.92 Å². The van der Waals surface area contributed by atoms with E-state index in [2.05, 4.69) is 13.8 Å². The predicted octanol–water partition coefficient (Wildman–Crippen LogP) is 4.07. The van der Waals surface area contributed by atoms with Crippen LogP contribution in [0.15, 0.2) is 36.4 Å². The molecular weight excluding hydrogens is 224 g/mol. The summed E-state index contributed by atoms with van der Waals surface area (Å²) >= 11 is 0. The van der Waals surface area contributed by atoms with E-state index < -0.39 is 0 Å². The van der Waals surface area contributed by atoms with Gasteiger partial charge in [0.25, 0.3) is 0 Å². The summed E-state index contributed by atoms with van der Waals surface area (Å²) in [6, 6.07) is 10.0. The average Bonchev–Trinajstić information content (AvgIpc) is 2.35. The number of hydrogen-bond acceptors (Lipinski definition) is 2. The minimum Gasteiger partial charge on any atom is -0.463 e. The van der Waals surface area contributed by atoms with Gasteiger partial charge in [0.05, 0.1) is 6.61 Å². The summed E-state index contributed by atoms with van der Waals surface area (Å²) in [5.74, 6) is 0.374. The molecule has 0 saturated carbocycles. The number of allylic oxidation sites excluding steroid dienone is 1. The maximum absolute atomic E-state index is 11.6. The highest BCUT2D eigenvalue weighted by Gasteiger charge is 2.06. The molecule has 18 heavy (non-hydrogen) atoms. The number of rotatable bonds is 6. The van der Waals surface area contributed by atoms with Crippen molar-refractivity contribution in [2.75, 3.05) is 6.61 Å². The molecule has 1 rings (SSSR count). The van der Waals surface area contributed by atoms with Crippen LogP contribution >= 0.6 is 0 Å². The van der Waals surface area contributed by atoms with Crippen LogP contribution in [-0.2, 0) is 9.53 Å². The summed E-state index contributed by atoms with van der Waals surface area (Å²) < 4.78 is 4.99. The summed E-state index contributed by atoms with van der Waals surface area (Å²) in [7, 11) is 0. The normalized spacial score (nSPS) is 11.7. The number of esters is 1. The van der Waals surface area contributed by atoms with Gasteiger partial charge in [0.1, 0.15) is 0 Å². The van der Waals surface area contributed by atoms with Crippen LogP contribution in [0.2, 0.25) is 0 Å². The second-order valence-corrected chi connectivity index (χ2v) is 4.72. The Bertz CT molecular complexity index is 391. The molecule has 0 atom stereocenters. The molecule has 0 aliphatic carbocycles. The van der Waals surface area contributed by atoms with Gasteiger partial charge in [0, 0.05) is 6.08 Å². The summed E-state index contributed by atoms with van der Waals surface area (Å²) in [5.41, 5.74) is 2.16. The Morgan fingerprint density at radius 2 is 1.94 bits per heavy atom. The van der Waals surface area contributed by atoms with Crippen molar-refractivity contribution in [1.82, 2.24) is 0 Å². The minimum atomic E-state index is -0.250. The Balaban J connectivity index is 2.85. The van der Waals surface area contributed by atoms with Crippen LogP contribution in [0.1, 0.15) is 39.2 Å². The summed E-state index contributed by atoms with van der Waals surface area (Å²) in [4.78, 5) is 11.6. The van der Waals surface area contributed by atoms with Crippen LogP contribution in [0, 0.1) is 5.92 Å². The van der Waals surface area contributed by atoms with Crippen LogP contribution in [-0.4, -0.2) is 12.6 Å². The van der Waals surface area contributed by atoms with E-state index in [1.807, 2.05) is 37.3 Å². The van der Waals surface area contributed by atoms with E-state index >= 15 is 0 Å². The van der Waals surface area contributed by atoms with Crippen LogP contribution in [0.25, 0.3) is 5.57 Å². The molecule has 0 bridgehead atoms. The zero-order chi connectivity index (χ0) is 13.4. The highest BCUT2D eigenvalue weighted by Crippen LogP contribution is 2.22. The van der Waals surface area contributed by atoms with Gasteiger partial charge >= 0.3 is 5.97 Å². The van der Waals surface area contributed by atoms with Gasteiger partial charge in [-0.15, -0.1) is 0 Å². The molecule has 0 fully saturated rings. The van der Waals surface area contributed by atoms with Gasteiger partial charge in [0.2, 0.25) is 0 Å². The molecule has 0 radical (unpaired) electrons. The molecule has 2 heteroatoms. The maximum Gasteiger partial charge on any atom is 0.331 e. The minimum absolute atomic E-state index is 0.250. The van der Waals surface area contributed by atoms with Gasteiger partial charge in [-0.3, -0.25) is 0 Å². The first-order valence-corrected chi connectivity index (χ1v) is 6.56. The molecule has 2 nitrogen and oxygen atoms in total. The first-order chi connectivity index (χ1) is 8.63. The van der Waals surface area contributed by atoms with E-state index in [0.29, 0.717) is 12.5 Å². The van der Waals surface area contributed by atoms with Crippen molar-refractivity contribution < 1.29 is 9.53 Å². The third-order valence-electron chi connectivity index (χ3n) is 2.71. The van der Waals surface area contributed by atoms with Crippen molar-refractivity contribution in [2.45, 2.75) is 33.6 Å². The molecular formula is C16H22O2. The van der Waals surface area contributed by atoms with E-state index in [4.69, 9.17) is 4.74 Å². The molecule has 0 aliphatic heterocycles. The first kappa shape index (κ1) is 14.5. The molecule has 1 aromatic carbocycles. The molecule has 0 spiro atoms. The lowest BCUT2D eigenvalue weighted by molar-refractivity contribution is -0.137. The van der Waals surface area contributed by atoms with E-state index in [1.165, 1.54) is 0 Å². The van der Waals surface area contributed by atoms with Crippen molar-refractivity contribution in [3.8, 4) is 0 Å². The van der Waals surface area contributed by atoms with Gasteiger partial charge in [-0.2, -0.15) is 0 Å². The second-order valence-electron chi connectivity index (χ2n) is 4.72. The maximum atomic E-state index is 11.6. The van der Waals surface area contributed by atoms with Crippen LogP contribution < -0.4 is 0 Å². The number of hydrogen-bond donors (Lipinski definition) is 0. The zero-order valence-electron chi connectivity index (χ0n) is 11.5.